The molecule has 1 heterocycles. The van der Waals surface area contributed by atoms with Crippen molar-refractivity contribution in [1.82, 2.24) is 10.3 Å². The highest BCUT2D eigenvalue weighted by atomic mass is 16.1. The van der Waals surface area contributed by atoms with Gasteiger partial charge in [0.15, 0.2) is 0 Å². The zero-order valence-corrected chi connectivity index (χ0v) is 12.5. The van der Waals surface area contributed by atoms with E-state index in [1.807, 2.05) is 18.2 Å². The van der Waals surface area contributed by atoms with Gasteiger partial charge >= 0.3 is 0 Å². The Morgan fingerprint density at radius 2 is 1.90 bits per heavy atom. The number of hydrogen-bond donors (Lipinski definition) is 3. The molecule has 0 unspecified atom stereocenters. The van der Waals surface area contributed by atoms with Crippen molar-refractivity contribution in [2.75, 3.05) is 11.9 Å². The first-order valence-corrected chi connectivity index (χ1v) is 7.87. The van der Waals surface area contributed by atoms with E-state index in [4.69, 9.17) is 0 Å². The van der Waals surface area contributed by atoms with Gasteiger partial charge < -0.3 is 15.6 Å². The first-order chi connectivity index (χ1) is 10.3. The van der Waals surface area contributed by atoms with E-state index in [0.717, 1.165) is 23.0 Å². The topological polar surface area (TPSA) is 56.9 Å². The molecule has 21 heavy (non-hydrogen) atoms. The Morgan fingerprint density at radius 1 is 1.14 bits per heavy atom. The zero-order chi connectivity index (χ0) is 14.7. The highest BCUT2D eigenvalue weighted by Crippen LogP contribution is 2.23. The number of benzene rings is 1. The molecule has 3 N–H and O–H groups in total. The quantitative estimate of drug-likeness (QED) is 0.809. The first kappa shape index (κ1) is 14.1. The number of rotatable bonds is 4. The van der Waals surface area contributed by atoms with E-state index in [2.05, 4.69) is 28.6 Å². The summed E-state index contributed by atoms with van der Waals surface area (Å²) >= 11 is 0. The van der Waals surface area contributed by atoms with Crippen molar-refractivity contribution < 1.29 is 0 Å². The number of nitrogens with one attached hydrogen (secondary N) is 3. The molecule has 2 aromatic rings. The second kappa shape index (κ2) is 6.31. The van der Waals surface area contributed by atoms with Crippen LogP contribution in [-0.2, 0) is 0 Å². The van der Waals surface area contributed by atoms with E-state index >= 15 is 0 Å². The molecule has 3 rings (SSSR count). The Balaban J connectivity index is 1.67. The summed E-state index contributed by atoms with van der Waals surface area (Å²) in [6, 6.07) is 9.15. The van der Waals surface area contributed by atoms with Crippen molar-refractivity contribution in [1.29, 1.82) is 0 Å². The van der Waals surface area contributed by atoms with E-state index in [1.54, 1.807) is 6.20 Å². The third kappa shape index (κ3) is 3.27. The van der Waals surface area contributed by atoms with Gasteiger partial charge in [-0.1, -0.05) is 6.92 Å². The molecule has 0 radical (unpaired) electrons. The van der Waals surface area contributed by atoms with Gasteiger partial charge in [-0.05, 0) is 61.9 Å². The summed E-state index contributed by atoms with van der Waals surface area (Å²) in [4.78, 5) is 14.4. The maximum atomic E-state index is 11.7. The van der Waals surface area contributed by atoms with Crippen LogP contribution in [-0.4, -0.2) is 23.6 Å². The van der Waals surface area contributed by atoms with Crippen LogP contribution >= 0.6 is 0 Å². The SMILES string of the molecule is CCNC1CCC(Nc2ccc3c(=O)[nH]ccc3c2)CC1. The van der Waals surface area contributed by atoms with Crippen molar-refractivity contribution in [2.45, 2.75) is 44.7 Å². The molecule has 0 spiro atoms. The van der Waals surface area contributed by atoms with Crippen molar-refractivity contribution in [3.8, 4) is 0 Å². The Kier molecular flexibility index (Phi) is 4.25. The van der Waals surface area contributed by atoms with Gasteiger partial charge in [0.2, 0.25) is 0 Å². The fourth-order valence-corrected chi connectivity index (χ4v) is 3.25. The number of aromatic amines is 1. The molecule has 4 nitrogen and oxygen atoms in total. The number of aromatic nitrogens is 1. The molecule has 0 saturated heterocycles. The number of anilines is 1. The van der Waals surface area contributed by atoms with Gasteiger partial charge in [-0.25, -0.2) is 0 Å². The molecule has 1 aliphatic carbocycles. The predicted molar refractivity (Wildman–Crippen MR) is 87.9 cm³/mol. The predicted octanol–water partition coefficient (Wildman–Crippen LogP) is 2.86. The summed E-state index contributed by atoms with van der Waals surface area (Å²) in [7, 11) is 0. The third-order valence-corrected chi connectivity index (χ3v) is 4.36. The van der Waals surface area contributed by atoms with Gasteiger partial charge in [-0.2, -0.15) is 0 Å². The molecule has 0 bridgehead atoms. The smallest absolute Gasteiger partial charge is 0.255 e. The van der Waals surface area contributed by atoms with Gasteiger partial charge in [0.25, 0.3) is 5.56 Å². The van der Waals surface area contributed by atoms with E-state index < -0.39 is 0 Å². The van der Waals surface area contributed by atoms with Gasteiger partial charge in [0, 0.05) is 29.4 Å². The van der Waals surface area contributed by atoms with E-state index in [-0.39, 0.29) is 5.56 Å². The highest BCUT2D eigenvalue weighted by molar-refractivity contribution is 5.84. The lowest BCUT2D eigenvalue weighted by atomic mass is 9.91. The summed E-state index contributed by atoms with van der Waals surface area (Å²) in [5, 5.41) is 8.89. The molecule has 0 aliphatic heterocycles. The Labute approximate surface area is 125 Å². The summed E-state index contributed by atoms with van der Waals surface area (Å²) in [6.45, 7) is 3.23. The molecule has 0 atom stereocenters. The third-order valence-electron chi connectivity index (χ3n) is 4.36. The molecule has 1 saturated carbocycles. The van der Waals surface area contributed by atoms with Crippen LogP contribution in [0, 0.1) is 0 Å². The molecule has 1 aromatic carbocycles. The average Bonchev–Trinajstić information content (AvgIpc) is 2.50. The standard InChI is InChI=1S/C17H23N3O/c1-2-18-13-3-5-14(6-4-13)20-15-7-8-16-12(11-15)9-10-19-17(16)21/h7-11,13-14,18,20H,2-6H2,1H3,(H,19,21). The average molecular weight is 285 g/mol. The number of pyridine rings is 1. The second-order valence-electron chi connectivity index (χ2n) is 5.86. The van der Waals surface area contributed by atoms with Crippen molar-refractivity contribution in [2.24, 2.45) is 0 Å². The molecular weight excluding hydrogens is 262 g/mol. The van der Waals surface area contributed by atoms with Gasteiger partial charge in [0.1, 0.15) is 0 Å². The number of hydrogen-bond acceptors (Lipinski definition) is 3. The zero-order valence-electron chi connectivity index (χ0n) is 12.5. The van der Waals surface area contributed by atoms with Crippen LogP contribution in [0.25, 0.3) is 10.8 Å². The minimum absolute atomic E-state index is 0.0230. The van der Waals surface area contributed by atoms with Crippen LogP contribution in [0.3, 0.4) is 0 Å². The summed E-state index contributed by atoms with van der Waals surface area (Å²) < 4.78 is 0. The largest absolute Gasteiger partial charge is 0.382 e. The fourth-order valence-electron chi connectivity index (χ4n) is 3.25. The Hall–Kier alpha value is -1.81. The summed E-state index contributed by atoms with van der Waals surface area (Å²) in [6.07, 6.45) is 6.57. The molecule has 1 fully saturated rings. The van der Waals surface area contributed by atoms with Crippen LogP contribution in [0.1, 0.15) is 32.6 Å². The molecular formula is C17H23N3O. The van der Waals surface area contributed by atoms with Crippen molar-refractivity contribution in [3.63, 3.8) is 0 Å². The van der Waals surface area contributed by atoms with Crippen LogP contribution in [0.5, 0.6) is 0 Å². The van der Waals surface area contributed by atoms with Crippen LogP contribution < -0.4 is 16.2 Å². The minimum Gasteiger partial charge on any atom is -0.382 e. The van der Waals surface area contributed by atoms with E-state index in [9.17, 15) is 4.79 Å². The molecule has 0 amide bonds. The lowest BCUT2D eigenvalue weighted by Gasteiger charge is -2.30. The monoisotopic (exact) mass is 285 g/mol. The maximum absolute atomic E-state index is 11.7. The van der Waals surface area contributed by atoms with Gasteiger partial charge in [-0.3, -0.25) is 4.79 Å². The molecule has 1 aliphatic rings. The van der Waals surface area contributed by atoms with Crippen molar-refractivity contribution >= 4 is 16.5 Å². The summed E-state index contributed by atoms with van der Waals surface area (Å²) in [5.41, 5.74) is 1.09. The molecule has 1 aromatic heterocycles. The number of H-pyrrole nitrogens is 1. The molecule has 112 valence electrons. The Bertz CT molecular complexity index is 656. The van der Waals surface area contributed by atoms with E-state index in [0.29, 0.717) is 12.1 Å². The highest BCUT2D eigenvalue weighted by Gasteiger charge is 2.20. The van der Waals surface area contributed by atoms with Crippen molar-refractivity contribution in [3.05, 3.63) is 40.8 Å². The van der Waals surface area contributed by atoms with Gasteiger partial charge in [-0.15, -0.1) is 0 Å². The second-order valence-corrected chi connectivity index (χ2v) is 5.86. The number of fused-ring (bicyclic) bond motifs is 1. The first-order valence-electron chi connectivity index (χ1n) is 7.87. The van der Waals surface area contributed by atoms with Gasteiger partial charge in [0.05, 0.1) is 0 Å². The van der Waals surface area contributed by atoms with Crippen LogP contribution in [0.4, 0.5) is 5.69 Å². The lowest BCUT2D eigenvalue weighted by molar-refractivity contribution is 0.359. The summed E-state index contributed by atoms with van der Waals surface area (Å²) in [5.74, 6) is 0. The Morgan fingerprint density at radius 3 is 2.67 bits per heavy atom. The van der Waals surface area contributed by atoms with E-state index in [1.165, 1.54) is 25.7 Å². The molecule has 4 heteroatoms. The lowest BCUT2D eigenvalue weighted by Crippen LogP contribution is -2.36. The van der Waals surface area contributed by atoms with Crippen LogP contribution in [0.15, 0.2) is 35.3 Å². The normalized spacial score (nSPS) is 22.3. The fraction of sp³-hybridized carbons (Fsp3) is 0.471. The minimum atomic E-state index is -0.0230. The maximum Gasteiger partial charge on any atom is 0.255 e. The van der Waals surface area contributed by atoms with Crippen LogP contribution in [0.2, 0.25) is 0 Å².